The van der Waals surface area contributed by atoms with Gasteiger partial charge in [-0.25, -0.2) is 0 Å². The number of rotatable bonds is 4. The van der Waals surface area contributed by atoms with Crippen LogP contribution in [0.15, 0.2) is 0 Å². The summed E-state index contributed by atoms with van der Waals surface area (Å²) in [5.41, 5.74) is -0.437. The second-order valence-corrected chi connectivity index (χ2v) is 6.09. The van der Waals surface area contributed by atoms with Crippen LogP contribution in [0.2, 0.25) is 0 Å². The first-order chi connectivity index (χ1) is 7.84. The van der Waals surface area contributed by atoms with Crippen molar-refractivity contribution in [3.63, 3.8) is 0 Å². The van der Waals surface area contributed by atoms with Gasteiger partial charge in [-0.1, -0.05) is 20.8 Å². The average Bonchev–Trinajstić information content (AvgIpc) is 2.75. The predicted octanol–water partition coefficient (Wildman–Crippen LogP) is 1.79. The van der Waals surface area contributed by atoms with Gasteiger partial charge in [0.05, 0.1) is 11.8 Å². The molecule has 2 atom stereocenters. The van der Waals surface area contributed by atoms with E-state index in [1.807, 2.05) is 13.8 Å². The van der Waals surface area contributed by atoms with Crippen molar-refractivity contribution in [2.45, 2.75) is 52.0 Å². The van der Waals surface area contributed by atoms with E-state index in [1.54, 1.807) is 0 Å². The highest BCUT2D eigenvalue weighted by Crippen LogP contribution is 2.58. The number of nitrogens with one attached hydrogen (secondary N) is 1. The van der Waals surface area contributed by atoms with Gasteiger partial charge in [0.15, 0.2) is 0 Å². The normalized spacial score (nSPS) is 32.4. The first-order valence-electron chi connectivity index (χ1n) is 6.39. The Morgan fingerprint density at radius 2 is 1.88 bits per heavy atom. The van der Waals surface area contributed by atoms with Gasteiger partial charge in [0.2, 0.25) is 5.91 Å². The SMILES string of the molecule is CCC1(NC(=O)[C@H]2[C@@H](C(=O)O)C2(C)C)CCC1. The third-order valence-corrected chi connectivity index (χ3v) is 4.75. The number of carboxylic acid groups (broad SMARTS) is 1. The topological polar surface area (TPSA) is 66.4 Å². The quantitative estimate of drug-likeness (QED) is 0.786. The molecule has 0 spiro atoms. The molecule has 0 saturated heterocycles. The van der Waals surface area contributed by atoms with E-state index in [9.17, 15) is 9.59 Å². The zero-order valence-electron chi connectivity index (χ0n) is 10.7. The van der Waals surface area contributed by atoms with E-state index in [0.717, 1.165) is 25.7 Å². The van der Waals surface area contributed by atoms with Crippen molar-refractivity contribution < 1.29 is 14.7 Å². The first-order valence-corrected chi connectivity index (χ1v) is 6.39. The Bertz CT molecular complexity index is 352. The summed E-state index contributed by atoms with van der Waals surface area (Å²) < 4.78 is 0. The van der Waals surface area contributed by atoms with Crippen molar-refractivity contribution in [3.8, 4) is 0 Å². The molecule has 0 aromatic heterocycles. The van der Waals surface area contributed by atoms with Crippen LogP contribution in [-0.2, 0) is 9.59 Å². The van der Waals surface area contributed by atoms with Crippen molar-refractivity contribution >= 4 is 11.9 Å². The summed E-state index contributed by atoms with van der Waals surface area (Å²) in [6, 6.07) is 0. The smallest absolute Gasteiger partial charge is 0.307 e. The summed E-state index contributed by atoms with van der Waals surface area (Å²) in [5.74, 6) is -1.79. The lowest BCUT2D eigenvalue weighted by Gasteiger charge is -2.42. The number of hydrogen-bond acceptors (Lipinski definition) is 2. The summed E-state index contributed by atoms with van der Waals surface area (Å²) in [6.07, 6.45) is 4.15. The Kier molecular flexibility index (Phi) is 2.71. The summed E-state index contributed by atoms with van der Waals surface area (Å²) >= 11 is 0. The van der Waals surface area contributed by atoms with Crippen molar-refractivity contribution in [2.24, 2.45) is 17.3 Å². The van der Waals surface area contributed by atoms with E-state index in [4.69, 9.17) is 5.11 Å². The standard InChI is InChI=1S/C13H21NO3/c1-4-13(6-5-7-13)14-10(15)8-9(11(16)17)12(8,2)3/h8-9H,4-7H2,1-3H3,(H,14,15)(H,16,17)/t8-,9+/m1/s1. The van der Waals surface area contributed by atoms with Gasteiger partial charge >= 0.3 is 5.97 Å². The van der Waals surface area contributed by atoms with Crippen molar-refractivity contribution in [2.75, 3.05) is 0 Å². The van der Waals surface area contributed by atoms with Crippen LogP contribution >= 0.6 is 0 Å². The molecule has 0 aliphatic heterocycles. The fourth-order valence-electron chi connectivity index (χ4n) is 3.10. The molecule has 2 rings (SSSR count). The van der Waals surface area contributed by atoms with E-state index >= 15 is 0 Å². The fourth-order valence-corrected chi connectivity index (χ4v) is 3.10. The molecule has 96 valence electrons. The lowest BCUT2D eigenvalue weighted by molar-refractivity contribution is -0.140. The van der Waals surface area contributed by atoms with Gasteiger partial charge in [0.25, 0.3) is 0 Å². The maximum atomic E-state index is 12.1. The zero-order chi connectivity index (χ0) is 12.8. The highest BCUT2D eigenvalue weighted by atomic mass is 16.4. The molecule has 1 amide bonds. The van der Waals surface area contributed by atoms with Crippen LogP contribution in [0, 0.1) is 17.3 Å². The number of hydrogen-bond donors (Lipinski definition) is 2. The van der Waals surface area contributed by atoms with Crippen LogP contribution in [-0.4, -0.2) is 22.5 Å². The van der Waals surface area contributed by atoms with Crippen LogP contribution in [0.4, 0.5) is 0 Å². The second kappa shape index (κ2) is 3.72. The van der Waals surface area contributed by atoms with Gasteiger partial charge in [0, 0.05) is 5.54 Å². The lowest BCUT2D eigenvalue weighted by Crippen LogP contribution is -2.53. The van der Waals surface area contributed by atoms with E-state index in [-0.39, 0.29) is 17.4 Å². The number of carbonyl (C=O) groups excluding carboxylic acids is 1. The highest BCUT2D eigenvalue weighted by Gasteiger charge is 2.66. The van der Waals surface area contributed by atoms with E-state index in [1.165, 1.54) is 0 Å². The van der Waals surface area contributed by atoms with E-state index < -0.39 is 17.3 Å². The van der Waals surface area contributed by atoms with E-state index in [0.29, 0.717) is 0 Å². The molecule has 0 radical (unpaired) electrons. The van der Waals surface area contributed by atoms with Crippen molar-refractivity contribution in [3.05, 3.63) is 0 Å². The summed E-state index contributed by atoms with van der Waals surface area (Å²) in [4.78, 5) is 23.2. The minimum atomic E-state index is -0.852. The molecule has 4 nitrogen and oxygen atoms in total. The third kappa shape index (κ3) is 1.83. The van der Waals surface area contributed by atoms with Crippen LogP contribution in [0.5, 0.6) is 0 Å². The summed E-state index contributed by atoms with van der Waals surface area (Å²) in [6.45, 7) is 5.79. The van der Waals surface area contributed by atoms with Crippen LogP contribution in [0.1, 0.15) is 46.5 Å². The molecule has 17 heavy (non-hydrogen) atoms. The number of carboxylic acids is 1. The van der Waals surface area contributed by atoms with Gasteiger partial charge in [0.1, 0.15) is 0 Å². The largest absolute Gasteiger partial charge is 0.481 e. The molecule has 2 N–H and O–H groups in total. The van der Waals surface area contributed by atoms with Crippen molar-refractivity contribution in [1.29, 1.82) is 0 Å². The lowest BCUT2D eigenvalue weighted by atomic mass is 9.74. The monoisotopic (exact) mass is 239 g/mol. The molecule has 2 aliphatic rings. The molecule has 0 aromatic carbocycles. The molecule has 0 aromatic rings. The summed E-state index contributed by atoms with van der Waals surface area (Å²) in [7, 11) is 0. The van der Waals surface area contributed by atoms with Gasteiger partial charge in [-0.3, -0.25) is 9.59 Å². The van der Waals surface area contributed by atoms with Gasteiger partial charge in [-0.2, -0.15) is 0 Å². The first kappa shape index (κ1) is 12.4. The molecule has 0 bridgehead atoms. The Balaban J connectivity index is 2.00. The molecule has 0 unspecified atom stereocenters. The summed E-state index contributed by atoms with van der Waals surface area (Å²) in [5, 5.41) is 12.1. The number of carbonyl (C=O) groups is 2. The van der Waals surface area contributed by atoms with Gasteiger partial charge < -0.3 is 10.4 Å². The molecule has 0 heterocycles. The van der Waals surface area contributed by atoms with Gasteiger partial charge in [-0.15, -0.1) is 0 Å². The minimum absolute atomic E-state index is 0.0429. The Morgan fingerprint density at radius 1 is 1.29 bits per heavy atom. The molecule has 2 fully saturated rings. The molecular weight excluding hydrogens is 218 g/mol. The predicted molar refractivity (Wildman–Crippen MR) is 63.4 cm³/mol. The second-order valence-electron chi connectivity index (χ2n) is 6.09. The molecule has 2 aliphatic carbocycles. The number of aliphatic carboxylic acids is 1. The maximum Gasteiger partial charge on any atom is 0.307 e. The highest BCUT2D eigenvalue weighted by molar-refractivity contribution is 5.92. The Labute approximate surface area is 102 Å². The van der Waals surface area contributed by atoms with Crippen LogP contribution in [0.3, 0.4) is 0 Å². The molecular formula is C13H21NO3. The zero-order valence-corrected chi connectivity index (χ0v) is 10.7. The number of amides is 1. The van der Waals surface area contributed by atoms with Crippen LogP contribution in [0.25, 0.3) is 0 Å². The third-order valence-electron chi connectivity index (χ3n) is 4.75. The Morgan fingerprint density at radius 3 is 2.18 bits per heavy atom. The maximum absolute atomic E-state index is 12.1. The fraction of sp³-hybridized carbons (Fsp3) is 0.846. The Hall–Kier alpha value is -1.06. The van der Waals surface area contributed by atoms with Crippen molar-refractivity contribution in [1.82, 2.24) is 5.32 Å². The van der Waals surface area contributed by atoms with E-state index in [2.05, 4.69) is 12.2 Å². The average molecular weight is 239 g/mol. The van der Waals surface area contributed by atoms with Crippen LogP contribution < -0.4 is 5.32 Å². The minimum Gasteiger partial charge on any atom is -0.481 e. The molecule has 2 saturated carbocycles. The van der Waals surface area contributed by atoms with Gasteiger partial charge in [-0.05, 0) is 31.1 Å². The molecule has 4 heteroatoms.